The van der Waals surface area contributed by atoms with E-state index in [-0.39, 0.29) is 0 Å². The van der Waals surface area contributed by atoms with Gasteiger partial charge in [0.2, 0.25) is 0 Å². The lowest BCUT2D eigenvalue weighted by atomic mass is 9.95. The monoisotopic (exact) mass is 165 g/mol. The van der Waals surface area contributed by atoms with Gasteiger partial charge >= 0.3 is 0 Å². The van der Waals surface area contributed by atoms with E-state index in [2.05, 4.69) is 18.4 Å². The largest absolute Gasteiger partial charge is 0.299 e. The second kappa shape index (κ2) is 2.88. The average Bonchev–Trinajstić information content (AvgIpc) is 2.68. The standard InChI is InChI=1S/C11H19N/c1-10(2)8-12-7-3-4-11(9-12)5-6-11/h1,3-9H2,2H3. The van der Waals surface area contributed by atoms with Gasteiger partial charge in [-0.15, -0.1) is 0 Å². The highest BCUT2D eigenvalue weighted by Crippen LogP contribution is 2.51. The topological polar surface area (TPSA) is 3.24 Å². The zero-order valence-electron chi connectivity index (χ0n) is 8.10. The molecule has 1 saturated heterocycles. The number of likely N-dealkylation sites (tertiary alicyclic amines) is 1. The fourth-order valence-corrected chi connectivity index (χ4v) is 2.41. The lowest BCUT2D eigenvalue weighted by Gasteiger charge is -2.32. The van der Waals surface area contributed by atoms with Gasteiger partial charge in [-0.3, -0.25) is 4.90 Å². The van der Waals surface area contributed by atoms with Crippen molar-refractivity contribution in [2.75, 3.05) is 19.6 Å². The molecule has 12 heavy (non-hydrogen) atoms. The van der Waals surface area contributed by atoms with E-state index >= 15 is 0 Å². The summed E-state index contributed by atoms with van der Waals surface area (Å²) in [5, 5.41) is 0. The summed E-state index contributed by atoms with van der Waals surface area (Å²) in [5.41, 5.74) is 2.08. The third-order valence-electron chi connectivity index (χ3n) is 3.19. The van der Waals surface area contributed by atoms with Gasteiger partial charge in [-0.1, -0.05) is 12.2 Å². The second-order valence-corrected chi connectivity index (χ2v) is 4.77. The maximum absolute atomic E-state index is 3.98. The lowest BCUT2D eigenvalue weighted by Crippen LogP contribution is -2.37. The van der Waals surface area contributed by atoms with Gasteiger partial charge in [-0.05, 0) is 44.6 Å². The quantitative estimate of drug-likeness (QED) is 0.568. The molecule has 1 aliphatic carbocycles. The first-order valence-electron chi connectivity index (χ1n) is 5.07. The van der Waals surface area contributed by atoms with Gasteiger partial charge in [0, 0.05) is 13.1 Å². The predicted molar refractivity (Wildman–Crippen MR) is 52.2 cm³/mol. The van der Waals surface area contributed by atoms with Crippen molar-refractivity contribution in [3.05, 3.63) is 12.2 Å². The summed E-state index contributed by atoms with van der Waals surface area (Å²) in [4.78, 5) is 2.58. The molecule has 0 aromatic heterocycles. The average molecular weight is 165 g/mol. The summed E-state index contributed by atoms with van der Waals surface area (Å²) in [6.07, 6.45) is 5.87. The Hall–Kier alpha value is -0.300. The van der Waals surface area contributed by atoms with Crippen molar-refractivity contribution >= 4 is 0 Å². The third-order valence-corrected chi connectivity index (χ3v) is 3.19. The molecule has 0 unspecified atom stereocenters. The minimum absolute atomic E-state index is 0.772. The summed E-state index contributed by atoms with van der Waals surface area (Å²) >= 11 is 0. The normalized spacial score (nSPS) is 27.4. The van der Waals surface area contributed by atoms with Gasteiger partial charge in [-0.25, -0.2) is 0 Å². The molecule has 0 atom stereocenters. The van der Waals surface area contributed by atoms with Crippen LogP contribution in [0.15, 0.2) is 12.2 Å². The molecule has 1 saturated carbocycles. The maximum Gasteiger partial charge on any atom is 0.0187 e. The van der Waals surface area contributed by atoms with E-state index in [0.717, 1.165) is 12.0 Å². The van der Waals surface area contributed by atoms with Crippen LogP contribution in [0.5, 0.6) is 0 Å². The fraction of sp³-hybridized carbons (Fsp3) is 0.818. The smallest absolute Gasteiger partial charge is 0.0187 e. The summed E-state index contributed by atoms with van der Waals surface area (Å²) in [5.74, 6) is 0. The number of nitrogens with zero attached hydrogens (tertiary/aromatic N) is 1. The molecule has 1 heteroatoms. The molecule has 2 rings (SSSR count). The summed E-state index contributed by atoms with van der Waals surface area (Å²) < 4.78 is 0. The van der Waals surface area contributed by atoms with Gasteiger partial charge < -0.3 is 0 Å². The van der Waals surface area contributed by atoms with Crippen LogP contribution < -0.4 is 0 Å². The molecule has 2 fully saturated rings. The first-order chi connectivity index (χ1) is 5.70. The van der Waals surface area contributed by atoms with E-state index in [4.69, 9.17) is 0 Å². The van der Waals surface area contributed by atoms with Crippen molar-refractivity contribution in [1.82, 2.24) is 4.90 Å². The van der Waals surface area contributed by atoms with Crippen molar-refractivity contribution in [2.24, 2.45) is 5.41 Å². The molecule has 0 amide bonds. The molecule has 0 aromatic carbocycles. The Kier molecular flexibility index (Phi) is 1.99. The van der Waals surface area contributed by atoms with Crippen LogP contribution in [-0.4, -0.2) is 24.5 Å². The van der Waals surface area contributed by atoms with E-state index in [1.807, 2.05) is 0 Å². The van der Waals surface area contributed by atoms with Crippen LogP contribution in [0, 0.1) is 5.41 Å². The number of hydrogen-bond acceptors (Lipinski definition) is 1. The minimum Gasteiger partial charge on any atom is -0.299 e. The van der Waals surface area contributed by atoms with Crippen LogP contribution in [0.1, 0.15) is 32.6 Å². The molecular weight excluding hydrogens is 146 g/mol. The van der Waals surface area contributed by atoms with Crippen LogP contribution in [0.25, 0.3) is 0 Å². The van der Waals surface area contributed by atoms with Crippen LogP contribution in [0.3, 0.4) is 0 Å². The van der Waals surface area contributed by atoms with E-state index in [1.165, 1.54) is 44.3 Å². The predicted octanol–water partition coefficient (Wildman–Crippen LogP) is 2.44. The van der Waals surface area contributed by atoms with E-state index < -0.39 is 0 Å². The van der Waals surface area contributed by atoms with Crippen LogP contribution in [0.4, 0.5) is 0 Å². The van der Waals surface area contributed by atoms with Gasteiger partial charge in [0.1, 0.15) is 0 Å². The highest BCUT2D eigenvalue weighted by Gasteiger charge is 2.44. The zero-order chi connectivity index (χ0) is 8.60. The zero-order valence-corrected chi connectivity index (χ0v) is 8.10. The summed E-state index contributed by atoms with van der Waals surface area (Å²) in [6.45, 7) is 9.88. The highest BCUT2D eigenvalue weighted by molar-refractivity contribution is 5.01. The Labute approximate surface area is 75.4 Å². The molecule has 1 nitrogen and oxygen atoms in total. The van der Waals surface area contributed by atoms with E-state index in [9.17, 15) is 0 Å². The summed E-state index contributed by atoms with van der Waals surface area (Å²) in [6, 6.07) is 0. The maximum atomic E-state index is 3.98. The van der Waals surface area contributed by atoms with Crippen molar-refractivity contribution < 1.29 is 0 Å². The number of rotatable bonds is 2. The molecule has 2 aliphatic rings. The molecule has 1 spiro atoms. The second-order valence-electron chi connectivity index (χ2n) is 4.77. The van der Waals surface area contributed by atoms with Gasteiger partial charge in [0.25, 0.3) is 0 Å². The van der Waals surface area contributed by atoms with E-state index in [1.54, 1.807) is 0 Å². The van der Waals surface area contributed by atoms with Gasteiger partial charge in [0.05, 0.1) is 0 Å². The minimum atomic E-state index is 0.772. The molecule has 0 bridgehead atoms. The van der Waals surface area contributed by atoms with Crippen LogP contribution in [0.2, 0.25) is 0 Å². The molecule has 68 valence electrons. The Morgan fingerprint density at radius 3 is 2.75 bits per heavy atom. The Bertz CT molecular complexity index is 191. The first-order valence-corrected chi connectivity index (χ1v) is 5.07. The third kappa shape index (κ3) is 1.71. The van der Waals surface area contributed by atoms with Gasteiger partial charge in [-0.2, -0.15) is 0 Å². The molecule has 1 heterocycles. The van der Waals surface area contributed by atoms with E-state index in [0.29, 0.717) is 0 Å². The van der Waals surface area contributed by atoms with Crippen molar-refractivity contribution in [3.8, 4) is 0 Å². The Morgan fingerprint density at radius 2 is 2.17 bits per heavy atom. The SMILES string of the molecule is C=C(C)CN1CCCC2(CC2)C1. The number of hydrogen-bond donors (Lipinski definition) is 0. The molecule has 0 radical (unpaired) electrons. The van der Waals surface area contributed by atoms with Crippen LogP contribution >= 0.6 is 0 Å². The molecular formula is C11H19N. The lowest BCUT2D eigenvalue weighted by molar-refractivity contribution is 0.173. The van der Waals surface area contributed by atoms with Crippen LogP contribution in [-0.2, 0) is 0 Å². The molecule has 0 aromatic rings. The highest BCUT2D eigenvalue weighted by atomic mass is 15.1. The fourth-order valence-electron chi connectivity index (χ4n) is 2.41. The Morgan fingerprint density at radius 1 is 1.42 bits per heavy atom. The first kappa shape index (κ1) is 8.31. The molecule has 1 aliphatic heterocycles. The van der Waals surface area contributed by atoms with Crippen molar-refractivity contribution in [2.45, 2.75) is 32.6 Å². The number of piperidine rings is 1. The Balaban J connectivity index is 1.86. The summed E-state index contributed by atoms with van der Waals surface area (Å²) in [7, 11) is 0. The van der Waals surface area contributed by atoms with Crippen molar-refractivity contribution in [3.63, 3.8) is 0 Å². The van der Waals surface area contributed by atoms with Crippen molar-refractivity contribution in [1.29, 1.82) is 0 Å². The molecule has 0 N–H and O–H groups in total. The van der Waals surface area contributed by atoms with Gasteiger partial charge in [0.15, 0.2) is 0 Å².